The molecule has 1 fully saturated rings. The van der Waals surface area contributed by atoms with E-state index in [9.17, 15) is 4.79 Å². The Balaban J connectivity index is 1.72. The Morgan fingerprint density at radius 2 is 2.21 bits per heavy atom. The molecule has 0 aromatic heterocycles. The summed E-state index contributed by atoms with van der Waals surface area (Å²) in [4.78, 5) is 12.9. The van der Waals surface area contributed by atoms with Crippen LogP contribution < -0.4 is 4.74 Å². The number of nitrogens with zero attached hydrogens (tertiary/aromatic N) is 2. The summed E-state index contributed by atoms with van der Waals surface area (Å²) in [6.45, 7) is 2.67. The number of ether oxygens (including phenoxy) is 1. The van der Waals surface area contributed by atoms with E-state index in [2.05, 4.69) is 11.0 Å². The molecule has 1 N–H and O–H groups in total. The number of hydrogen-bond donors (Lipinski definition) is 1. The molecular weight excluding hydrogens is 244 g/mol. The zero-order valence-corrected chi connectivity index (χ0v) is 10.6. The van der Waals surface area contributed by atoms with Gasteiger partial charge in [0.25, 0.3) is 0 Å². The summed E-state index contributed by atoms with van der Waals surface area (Å²) in [6, 6.07) is 9.01. The third-order valence-corrected chi connectivity index (χ3v) is 3.28. The quantitative estimate of drug-likeness (QED) is 0.865. The molecule has 5 nitrogen and oxygen atoms in total. The molecule has 19 heavy (non-hydrogen) atoms. The summed E-state index contributed by atoms with van der Waals surface area (Å²) in [5.41, 5.74) is 0.608. The van der Waals surface area contributed by atoms with Gasteiger partial charge in [0.1, 0.15) is 12.4 Å². The second-order valence-electron chi connectivity index (χ2n) is 4.61. The number of carboxylic acid groups (broad SMARTS) is 1. The molecule has 0 aliphatic carbocycles. The Morgan fingerprint density at radius 1 is 1.47 bits per heavy atom. The van der Waals surface area contributed by atoms with E-state index in [0.29, 0.717) is 25.1 Å². The number of nitriles is 1. The highest BCUT2D eigenvalue weighted by Crippen LogP contribution is 2.16. The Labute approximate surface area is 112 Å². The van der Waals surface area contributed by atoms with Crippen molar-refractivity contribution in [3.63, 3.8) is 0 Å². The van der Waals surface area contributed by atoms with Gasteiger partial charge in [-0.25, -0.2) is 0 Å². The highest BCUT2D eigenvalue weighted by Gasteiger charge is 2.27. The SMILES string of the molecule is N#Cc1ccc(OCCN2CCC(C(=O)O)C2)cc1. The van der Waals surface area contributed by atoms with Crippen molar-refractivity contribution >= 4 is 5.97 Å². The summed E-state index contributed by atoms with van der Waals surface area (Å²) in [6.07, 6.45) is 0.714. The smallest absolute Gasteiger partial charge is 0.307 e. The topological polar surface area (TPSA) is 73.6 Å². The average Bonchev–Trinajstić information content (AvgIpc) is 2.89. The lowest BCUT2D eigenvalue weighted by Gasteiger charge is -2.15. The molecule has 1 aliphatic rings. The van der Waals surface area contributed by atoms with Gasteiger partial charge in [-0.05, 0) is 37.2 Å². The fourth-order valence-corrected chi connectivity index (χ4v) is 2.16. The maximum Gasteiger partial charge on any atom is 0.307 e. The van der Waals surface area contributed by atoms with Crippen molar-refractivity contribution in [1.29, 1.82) is 5.26 Å². The zero-order valence-electron chi connectivity index (χ0n) is 10.6. The second kappa shape index (κ2) is 6.21. The van der Waals surface area contributed by atoms with Crippen molar-refractivity contribution in [2.24, 2.45) is 5.92 Å². The van der Waals surface area contributed by atoms with Gasteiger partial charge in [-0.1, -0.05) is 0 Å². The van der Waals surface area contributed by atoms with Crippen molar-refractivity contribution < 1.29 is 14.6 Å². The van der Waals surface area contributed by atoms with Crippen LogP contribution in [0.15, 0.2) is 24.3 Å². The molecule has 100 valence electrons. The lowest BCUT2D eigenvalue weighted by molar-refractivity contribution is -0.141. The minimum atomic E-state index is -0.712. The standard InChI is InChI=1S/C14H16N2O3/c15-9-11-1-3-13(4-2-11)19-8-7-16-6-5-12(10-16)14(17)18/h1-4,12H,5-8,10H2,(H,17,18). The third kappa shape index (κ3) is 3.70. The molecule has 1 aliphatic heterocycles. The van der Waals surface area contributed by atoms with Crippen molar-refractivity contribution in [3.8, 4) is 11.8 Å². The van der Waals surface area contributed by atoms with Crippen molar-refractivity contribution in [1.82, 2.24) is 4.90 Å². The Kier molecular flexibility index (Phi) is 4.37. The monoisotopic (exact) mass is 260 g/mol. The molecule has 0 spiro atoms. The first-order chi connectivity index (χ1) is 9.19. The Bertz CT molecular complexity index is 478. The molecule has 0 amide bonds. The number of carbonyl (C=O) groups is 1. The molecule has 0 radical (unpaired) electrons. The van der Waals surface area contributed by atoms with Gasteiger partial charge in [-0.2, -0.15) is 5.26 Å². The van der Waals surface area contributed by atoms with E-state index in [4.69, 9.17) is 15.1 Å². The van der Waals surface area contributed by atoms with Gasteiger partial charge < -0.3 is 9.84 Å². The summed E-state index contributed by atoms with van der Waals surface area (Å²) < 4.78 is 5.56. The highest BCUT2D eigenvalue weighted by atomic mass is 16.5. The van der Waals surface area contributed by atoms with Crippen LogP contribution in [-0.4, -0.2) is 42.2 Å². The number of carboxylic acids is 1. The first-order valence-corrected chi connectivity index (χ1v) is 6.27. The first-order valence-electron chi connectivity index (χ1n) is 6.27. The van der Waals surface area contributed by atoms with E-state index in [1.165, 1.54) is 0 Å². The van der Waals surface area contributed by atoms with Gasteiger partial charge >= 0.3 is 5.97 Å². The van der Waals surface area contributed by atoms with Gasteiger partial charge in [0.15, 0.2) is 0 Å². The van der Waals surface area contributed by atoms with Crippen LogP contribution in [0.2, 0.25) is 0 Å². The van der Waals surface area contributed by atoms with Crippen molar-refractivity contribution in [3.05, 3.63) is 29.8 Å². The lowest BCUT2D eigenvalue weighted by atomic mass is 10.1. The average molecular weight is 260 g/mol. The molecule has 1 saturated heterocycles. The third-order valence-electron chi connectivity index (χ3n) is 3.28. The highest BCUT2D eigenvalue weighted by molar-refractivity contribution is 5.70. The first kappa shape index (κ1) is 13.4. The maximum absolute atomic E-state index is 10.8. The minimum absolute atomic E-state index is 0.241. The molecule has 2 rings (SSSR count). The largest absolute Gasteiger partial charge is 0.492 e. The molecule has 1 atom stereocenters. The summed E-state index contributed by atoms with van der Waals surface area (Å²) in [5.74, 6) is -0.224. The van der Waals surface area contributed by atoms with Gasteiger partial charge in [-0.15, -0.1) is 0 Å². The number of hydrogen-bond acceptors (Lipinski definition) is 4. The minimum Gasteiger partial charge on any atom is -0.492 e. The fraction of sp³-hybridized carbons (Fsp3) is 0.429. The Morgan fingerprint density at radius 3 is 2.79 bits per heavy atom. The number of likely N-dealkylation sites (tertiary alicyclic amines) is 1. The van der Waals surface area contributed by atoms with Gasteiger partial charge in [0.2, 0.25) is 0 Å². The predicted molar refractivity (Wildman–Crippen MR) is 68.8 cm³/mol. The van der Waals surface area contributed by atoms with E-state index in [0.717, 1.165) is 18.8 Å². The van der Waals surface area contributed by atoms with Crippen LogP contribution in [0.4, 0.5) is 0 Å². The molecule has 0 saturated carbocycles. The van der Waals surface area contributed by atoms with E-state index in [1.54, 1.807) is 24.3 Å². The summed E-state index contributed by atoms with van der Waals surface area (Å²) in [5, 5.41) is 17.6. The molecule has 5 heteroatoms. The Hall–Kier alpha value is -2.06. The molecule has 1 heterocycles. The van der Waals surface area contributed by atoms with E-state index in [-0.39, 0.29) is 5.92 Å². The number of benzene rings is 1. The molecule has 1 unspecified atom stereocenters. The second-order valence-corrected chi connectivity index (χ2v) is 4.61. The van der Waals surface area contributed by atoms with Crippen LogP contribution in [0.5, 0.6) is 5.75 Å². The van der Waals surface area contributed by atoms with Gasteiger partial charge in [0.05, 0.1) is 17.6 Å². The zero-order chi connectivity index (χ0) is 13.7. The van der Waals surface area contributed by atoms with E-state index in [1.807, 2.05) is 0 Å². The molecule has 1 aromatic rings. The van der Waals surface area contributed by atoms with E-state index >= 15 is 0 Å². The maximum atomic E-state index is 10.8. The van der Waals surface area contributed by atoms with Crippen LogP contribution in [-0.2, 0) is 4.79 Å². The fourth-order valence-electron chi connectivity index (χ4n) is 2.16. The van der Waals surface area contributed by atoms with Gasteiger partial charge in [-0.3, -0.25) is 9.69 Å². The predicted octanol–water partition coefficient (Wildman–Crippen LogP) is 1.34. The lowest BCUT2D eigenvalue weighted by Crippen LogP contribution is -2.27. The van der Waals surface area contributed by atoms with E-state index < -0.39 is 5.97 Å². The number of aliphatic carboxylic acids is 1. The van der Waals surface area contributed by atoms with Crippen molar-refractivity contribution in [2.75, 3.05) is 26.2 Å². The van der Waals surface area contributed by atoms with Crippen LogP contribution in [0, 0.1) is 17.2 Å². The normalized spacial score (nSPS) is 19.0. The van der Waals surface area contributed by atoms with Crippen LogP contribution >= 0.6 is 0 Å². The van der Waals surface area contributed by atoms with Crippen LogP contribution in [0.3, 0.4) is 0 Å². The summed E-state index contributed by atoms with van der Waals surface area (Å²) >= 11 is 0. The molecule has 1 aromatic carbocycles. The number of rotatable bonds is 5. The van der Waals surface area contributed by atoms with Crippen molar-refractivity contribution in [2.45, 2.75) is 6.42 Å². The van der Waals surface area contributed by atoms with Gasteiger partial charge in [0, 0.05) is 13.1 Å². The molecule has 0 bridgehead atoms. The summed E-state index contributed by atoms with van der Waals surface area (Å²) in [7, 11) is 0. The molecular formula is C14H16N2O3. The van der Waals surface area contributed by atoms with Crippen LogP contribution in [0.25, 0.3) is 0 Å². The van der Waals surface area contributed by atoms with Crippen LogP contribution in [0.1, 0.15) is 12.0 Å².